The molecule has 1 aromatic heterocycles. The molecule has 0 saturated heterocycles. The zero-order valence-electron chi connectivity index (χ0n) is 18.9. The maximum atomic E-state index is 6.67. The van der Waals surface area contributed by atoms with E-state index in [4.69, 9.17) is 38.3 Å². The van der Waals surface area contributed by atoms with Gasteiger partial charge in [-0.3, -0.25) is 0 Å². The van der Waals surface area contributed by atoms with Crippen LogP contribution in [0.25, 0.3) is 22.2 Å². The fourth-order valence-corrected chi connectivity index (χ4v) is 5.20. The van der Waals surface area contributed by atoms with Gasteiger partial charge in [0.05, 0.1) is 23.0 Å². The third kappa shape index (κ3) is 4.39. The van der Waals surface area contributed by atoms with Gasteiger partial charge in [0.25, 0.3) is 0 Å². The monoisotopic (exact) mass is 572 g/mol. The molecule has 36 heavy (non-hydrogen) atoms. The first kappa shape index (κ1) is 23.2. The molecule has 176 valence electrons. The van der Waals surface area contributed by atoms with Crippen molar-refractivity contribution in [2.75, 3.05) is 5.01 Å². The highest BCUT2D eigenvalue weighted by Gasteiger charge is 2.33. The summed E-state index contributed by atoms with van der Waals surface area (Å²) in [6.07, 6.45) is 0.675. The Morgan fingerprint density at radius 2 is 1.53 bits per heavy atom. The molecule has 2 heterocycles. The summed E-state index contributed by atoms with van der Waals surface area (Å²) in [4.78, 5) is 9.97. The molecule has 4 aromatic carbocycles. The van der Waals surface area contributed by atoms with Gasteiger partial charge in [-0.05, 0) is 47.5 Å². The van der Waals surface area contributed by atoms with Crippen molar-refractivity contribution in [3.63, 3.8) is 0 Å². The van der Waals surface area contributed by atoms with Gasteiger partial charge in [0.2, 0.25) is 5.95 Å². The molecule has 0 spiro atoms. The fourth-order valence-electron chi connectivity index (χ4n) is 4.51. The molecule has 0 N–H and O–H groups in total. The van der Waals surface area contributed by atoms with Crippen LogP contribution < -0.4 is 5.01 Å². The molecule has 4 nitrogen and oxygen atoms in total. The number of hydrogen-bond donors (Lipinski definition) is 0. The first-order chi connectivity index (χ1) is 17.6. The van der Waals surface area contributed by atoms with Crippen LogP contribution in [0.5, 0.6) is 0 Å². The second-order valence-corrected chi connectivity index (χ2v) is 10.3. The van der Waals surface area contributed by atoms with Crippen molar-refractivity contribution in [2.45, 2.75) is 12.5 Å². The van der Waals surface area contributed by atoms with Crippen molar-refractivity contribution in [3.8, 4) is 11.3 Å². The van der Waals surface area contributed by atoms with E-state index in [2.05, 4.69) is 28.1 Å². The SMILES string of the molecule is Clc1ccc2nc(N3N=C(c4ccc(Br)cc4)C[C@@H]3c3ccccc3Cl)nc(-c3ccccc3)c2c1. The number of fused-ring (bicyclic) bond motifs is 1. The number of rotatable bonds is 4. The predicted octanol–water partition coefficient (Wildman–Crippen LogP) is 8.72. The van der Waals surface area contributed by atoms with Gasteiger partial charge in [0.15, 0.2) is 0 Å². The van der Waals surface area contributed by atoms with Crippen LogP contribution in [0.2, 0.25) is 10.0 Å². The summed E-state index contributed by atoms with van der Waals surface area (Å²) in [7, 11) is 0. The minimum absolute atomic E-state index is 0.147. The van der Waals surface area contributed by atoms with Crippen molar-refractivity contribution in [2.24, 2.45) is 5.10 Å². The summed E-state index contributed by atoms with van der Waals surface area (Å²) in [5, 5.41) is 9.17. The summed E-state index contributed by atoms with van der Waals surface area (Å²) < 4.78 is 1.02. The minimum Gasteiger partial charge on any atom is -0.223 e. The lowest BCUT2D eigenvalue weighted by Crippen LogP contribution is -2.21. The van der Waals surface area contributed by atoms with Crippen molar-refractivity contribution in [3.05, 3.63) is 123 Å². The minimum atomic E-state index is -0.147. The molecule has 0 bridgehead atoms. The lowest BCUT2D eigenvalue weighted by molar-refractivity contribution is 0.689. The van der Waals surface area contributed by atoms with E-state index in [1.165, 1.54) is 0 Å². The highest BCUT2D eigenvalue weighted by Crippen LogP contribution is 2.40. The van der Waals surface area contributed by atoms with Crippen LogP contribution in [-0.2, 0) is 0 Å². The molecule has 0 fully saturated rings. The van der Waals surface area contributed by atoms with Crippen LogP contribution in [-0.4, -0.2) is 15.7 Å². The van der Waals surface area contributed by atoms with Gasteiger partial charge >= 0.3 is 0 Å². The highest BCUT2D eigenvalue weighted by atomic mass is 79.9. The molecule has 1 atom stereocenters. The van der Waals surface area contributed by atoms with Gasteiger partial charge in [-0.1, -0.05) is 99.8 Å². The number of nitrogens with zero attached hydrogens (tertiary/aromatic N) is 4. The van der Waals surface area contributed by atoms with Gasteiger partial charge in [-0.2, -0.15) is 5.10 Å². The number of hydrazone groups is 1. The third-order valence-corrected chi connectivity index (χ3v) is 7.36. The van der Waals surface area contributed by atoms with Crippen LogP contribution in [0.1, 0.15) is 23.6 Å². The maximum Gasteiger partial charge on any atom is 0.247 e. The molecule has 0 radical (unpaired) electrons. The van der Waals surface area contributed by atoms with Crippen molar-refractivity contribution < 1.29 is 0 Å². The average Bonchev–Trinajstić information content (AvgIpc) is 3.34. The van der Waals surface area contributed by atoms with Gasteiger partial charge in [-0.15, -0.1) is 0 Å². The lowest BCUT2D eigenvalue weighted by Gasteiger charge is -2.23. The van der Waals surface area contributed by atoms with Crippen molar-refractivity contribution >= 4 is 61.7 Å². The summed E-state index contributed by atoms with van der Waals surface area (Å²) in [5.41, 5.74) is 5.58. The zero-order valence-corrected chi connectivity index (χ0v) is 22.0. The van der Waals surface area contributed by atoms with E-state index in [0.717, 1.165) is 43.5 Å². The van der Waals surface area contributed by atoms with Gasteiger partial charge in [0.1, 0.15) is 0 Å². The van der Waals surface area contributed by atoms with E-state index >= 15 is 0 Å². The molecular weight excluding hydrogens is 555 g/mol. The van der Waals surface area contributed by atoms with E-state index in [1.807, 2.05) is 89.9 Å². The first-order valence-electron chi connectivity index (χ1n) is 11.5. The van der Waals surface area contributed by atoms with Crippen LogP contribution in [0.3, 0.4) is 0 Å². The molecule has 6 rings (SSSR count). The van der Waals surface area contributed by atoms with E-state index in [1.54, 1.807) is 0 Å². The number of anilines is 1. The van der Waals surface area contributed by atoms with Gasteiger partial charge in [-0.25, -0.2) is 15.0 Å². The molecule has 1 aliphatic rings. The van der Waals surface area contributed by atoms with Crippen molar-refractivity contribution in [1.82, 2.24) is 9.97 Å². The maximum absolute atomic E-state index is 6.67. The van der Waals surface area contributed by atoms with Crippen LogP contribution in [0.4, 0.5) is 5.95 Å². The van der Waals surface area contributed by atoms with Gasteiger partial charge in [0, 0.05) is 31.9 Å². The van der Waals surface area contributed by atoms with E-state index in [0.29, 0.717) is 22.4 Å². The normalized spacial score (nSPS) is 15.4. The third-order valence-electron chi connectivity index (χ3n) is 6.25. The second-order valence-electron chi connectivity index (χ2n) is 8.54. The Hall–Kier alpha value is -3.25. The zero-order chi connectivity index (χ0) is 24.6. The summed E-state index contributed by atoms with van der Waals surface area (Å²) >= 11 is 16.6. The lowest BCUT2D eigenvalue weighted by atomic mass is 9.98. The quantitative estimate of drug-likeness (QED) is 0.216. The van der Waals surface area contributed by atoms with E-state index in [-0.39, 0.29) is 6.04 Å². The van der Waals surface area contributed by atoms with Crippen LogP contribution >= 0.6 is 39.1 Å². The van der Waals surface area contributed by atoms with Gasteiger partial charge < -0.3 is 0 Å². The molecule has 0 saturated carbocycles. The number of benzene rings is 4. The molecule has 7 heteroatoms. The number of hydrogen-bond acceptors (Lipinski definition) is 4. The Bertz CT molecular complexity index is 1600. The fraction of sp³-hybridized carbons (Fsp3) is 0.0690. The number of aromatic nitrogens is 2. The number of halogens is 3. The highest BCUT2D eigenvalue weighted by molar-refractivity contribution is 9.10. The molecule has 5 aromatic rings. The smallest absolute Gasteiger partial charge is 0.223 e. The topological polar surface area (TPSA) is 41.4 Å². The Kier molecular flexibility index (Phi) is 6.22. The van der Waals surface area contributed by atoms with Crippen LogP contribution in [0, 0.1) is 0 Å². The Morgan fingerprint density at radius 1 is 0.778 bits per heavy atom. The standard InChI is InChI=1S/C29H19BrCl2N4/c30-20-12-10-18(11-13-20)26-17-27(22-8-4-5-9-24(22)32)36(35-26)29-33-25-15-14-21(31)16-23(25)28(34-29)19-6-2-1-3-7-19/h1-16,27H,17H2/t27-/m1/s1. The summed E-state index contributed by atoms with van der Waals surface area (Å²) in [6, 6.07) is 31.7. The Morgan fingerprint density at radius 3 is 2.31 bits per heavy atom. The molecule has 0 aliphatic carbocycles. The van der Waals surface area contributed by atoms with E-state index < -0.39 is 0 Å². The Labute approximate surface area is 227 Å². The van der Waals surface area contributed by atoms with E-state index in [9.17, 15) is 0 Å². The first-order valence-corrected chi connectivity index (χ1v) is 13.0. The molecule has 1 aliphatic heterocycles. The second kappa shape index (κ2) is 9.66. The summed E-state index contributed by atoms with van der Waals surface area (Å²) in [6.45, 7) is 0. The molecular formula is C29H19BrCl2N4. The largest absolute Gasteiger partial charge is 0.247 e. The average molecular weight is 574 g/mol. The predicted molar refractivity (Wildman–Crippen MR) is 152 cm³/mol. The summed E-state index contributed by atoms with van der Waals surface area (Å²) in [5.74, 6) is 0.515. The molecule has 0 amide bonds. The van der Waals surface area contributed by atoms with Crippen molar-refractivity contribution in [1.29, 1.82) is 0 Å². The van der Waals surface area contributed by atoms with Crippen LogP contribution in [0.15, 0.2) is 107 Å². The molecule has 0 unspecified atom stereocenters. The Balaban J connectivity index is 1.55.